The summed E-state index contributed by atoms with van der Waals surface area (Å²) in [5.41, 5.74) is 0. The third kappa shape index (κ3) is 50.9. The molecule has 18 nitrogen and oxygen atoms in total. The Morgan fingerprint density at radius 2 is 0.325 bits per heavy atom. The van der Waals surface area contributed by atoms with Crippen LogP contribution < -0.4 is 31.9 Å². The highest BCUT2D eigenvalue weighted by atomic mass is 16.2. The van der Waals surface area contributed by atoms with Gasteiger partial charge < -0.3 is 46.6 Å². The fraction of sp³-hybridized carbons (Fsp3) is 0.906. The van der Waals surface area contributed by atoms with E-state index in [9.17, 15) is 43.2 Å². The van der Waals surface area contributed by atoms with E-state index in [2.05, 4.69) is 52.7 Å². The first-order chi connectivity index (χ1) is 55.8. The number of amides is 9. The minimum Gasteiger partial charge on any atom is -0.356 e. The van der Waals surface area contributed by atoms with Gasteiger partial charge in [-0.3, -0.25) is 43.2 Å². The first kappa shape index (κ1) is 102. The Hall–Kier alpha value is -4.77. The molecule has 0 unspecified atom stereocenters. The zero-order valence-corrected chi connectivity index (χ0v) is 74.1. The van der Waals surface area contributed by atoms with Crippen LogP contribution in [0.5, 0.6) is 0 Å². The van der Waals surface area contributed by atoms with Crippen LogP contribution in [0.2, 0.25) is 0 Å². The second-order valence-corrected chi connectivity index (χ2v) is 35.8. The van der Waals surface area contributed by atoms with Crippen LogP contribution in [0.1, 0.15) is 445 Å². The van der Waals surface area contributed by atoms with Gasteiger partial charge in [0.15, 0.2) is 0 Å². The average Bonchev–Trinajstić information content (AvgIpc) is 1.43. The lowest BCUT2D eigenvalue weighted by Crippen LogP contribution is -2.37. The van der Waals surface area contributed by atoms with Crippen molar-refractivity contribution in [3.05, 3.63) is 0 Å². The van der Waals surface area contributed by atoms with Crippen molar-refractivity contribution in [1.82, 2.24) is 46.6 Å². The van der Waals surface area contributed by atoms with Gasteiger partial charge in [0.2, 0.25) is 53.2 Å². The fourth-order valence-electron chi connectivity index (χ4n) is 18.3. The Morgan fingerprint density at radius 3 is 0.465 bits per heavy atom. The molecule has 0 spiro atoms. The topological polar surface area (TPSA) is 236 Å². The summed E-state index contributed by atoms with van der Waals surface area (Å²) in [6, 6.07) is 0. The molecule has 0 heterocycles. The summed E-state index contributed by atoms with van der Waals surface area (Å²) in [6.45, 7) is 14.7. The highest BCUT2D eigenvalue weighted by molar-refractivity contribution is 5.82. The van der Waals surface area contributed by atoms with Crippen LogP contribution >= 0.6 is 0 Å². The van der Waals surface area contributed by atoms with E-state index in [1.54, 1.807) is 0 Å². The monoisotopic (exact) mass is 1600 g/mol. The number of carbonyl (C=O) groups is 9. The highest BCUT2D eigenvalue weighted by Gasteiger charge is 2.28. The lowest BCUT2D eigenvalue weighted by atomic mass is 10.0. The number of unbranched alkanes of at least 4 members (excludes halogenated alkanes) is 30. The van der Waals surface area contributed by atoms with E-state index < -0.39 is 0 Å². The molecular weight excluding hydrogens is 1420 g/mol. The van der Waals surface area contributed by atoms with E-state index in [0.717, 1.165) is 231 Å². The lowest BCUT2D eigenvalue weighted by Gasteiger charge is -2.23. The Balaban J connectivity index is 0.000000361. The van der Waals surface area contributed by atoms with Crippen molar-refractivity contribution >= 4 is 53.2 Å². The molecule has 0 aromatic carbocycles. The number of nitrogens with one attached hydrogen (secondary N) is 6. The molecule has 0 bridgehead atoms. The largest absolute Gasteiger partial charge is 0.356 e. The summed E-state index contributed by atoms with van der Waals surface area (Å²) in [7, 11) is 0. The Labute approximate surface area is 697 Å². The van der Waals surface area contributed by atoms with Crippen LogP contribution in [0.25, 0.3) is 0 Å². The maximum absolute atomic E-state index is 13.1. The molecule has 6 N–H and O–H groups in total. The number of hydrogen-bond acceptors (Lipinski definition) is 9. The van der Waals surface area contributed by atoms with Gasteiger partial charge in [-0.25, -0.2) is 0 Å². The zero-order valence-electron chi connectivity index (χ0n) is 74.1. The van der Waals surface area contributed by atoms with Gasteiger partial charge in [0, 0.05) is 133 Å². The van der Waals surface area contributed by atoms with E-state index in [-0.39, 0.29) is 88.7 Å². The minimum absolute atomic E-state index is 0.190. The Bertz CT molecular complexity index is 2340. The van der Waals surface area contributed by atoms with Gasteiger partial charge >= 0.3 is 0 Å². The summed E-state index contributed by atoms with van der Waals surface area (Å²) < 4.78 is 0. The molecule has 0 radical (unpaired) electrons. The van der Waals surface area contributed by atoms with Crippen LogP contribution in [0, 0.1) is 35.5 Å². The molecule has 6 rings (SSSR count). The molecule has 0 atom stereocenters. The number of hydrogen-bond donors (Lipinski definition) is 6. The predicted octanol–water partition coefficient (Wildman–Crippen LogP) is 20.7. The number of rotatable bonds is 66. The first-order valence-corrected chi connectivity index (χ1v) is 49.3. The van der Waals surface area contributed by atoms with Crippen LogP contribution in [0.15, 0.2) is 0 Å². The van der Waals surface area contributed by atoms with Crippen LogP contribution in [-0.4, -0.2) is 146 Å². The van der Waals surface area contributed by atoms with Crippen molar-refractivity contribution in [1.29, 1.82) is 0 Å². The molecule has 660 valence electrons. The summed E-state index contributed by atoms with van der Waals surface area (Å²) in [6.07, 6.45) is 75.0. The maximum atomic E-state index is 13.1. The molecule has 6 aliphatic carbocycles. The smallest absolute Gasteiger partial charge is 0.223 e. The summed E-state index contributed by atoms with van der Waals surface area (Å²) in [5, 5.41) is 18.5. The molecular formula is C96H177N9O9. The van der Waals surface area contributed by atoms with Gasteiger partial charge in [0.1, 0.15) is 0 Å². The standard InChI is InChI=1S/C34H63N3O3.C32H59N3O3.C30H55N3O3/c1-2-3-4-5-6-7-8-9-10-11-12-13-14-25-32(38)37(28-19-26-35-33(39)30-21-15-16-22-30)29-20-27-36-34(40)31-23-17-18-24-31;1-2-3-4-5-6-7-8-9-10-11-12-23-30(36)35(26-17-24-33-31(37)28-19-13-14-20-28)27-18-25-34-32(38)29-21-15-16-22-29;1-2-3-4-5-6-7-8-9-10-21-28(34)33(24-15-22-31-29(35)26-17-11-12-18-26)25-16-23-32-30(36)27-19-13-14-20-27/h30-31H,2-29H2,1H3,(H,35,39)(H,36,40);28-29H,2-27H2,1H3,(H,33,37)(H,34,38);26-27H,2-25H2,1H3,(H,31,35)(H,32,36). The van der Waals surface area contributed by atoms with Crippen LogP contribution in [0.4, 0.5) is 0 Å². The van der Waals surface area contributed by atoms with E-state index in [4.69, 9.17) is 0 Å². The van der Waals surface area contributed by atoms with Gasteiger partial charge in [-0.2, -0.15) is 0 Å². The lowest BCUT2D eigenvalue weighted by molar-refractivity contribution is -0.132. The minimum atomic E-state index is 0.190. The van der Waals surface area contributed by atoms with Crippen molar-refractivity contribution in [2.24, 2.45) is 35.5 Å². The Kier molecular flexibility index (Phi) is 62.5. The highest BCUT2D eigenvalue weighted by Crippen LogP contribution is 2.30. The summed E-state index contributed by atoms with van der Waals surface area (Å²) >= 11 is 0. The molecule has 6 saturated carbocycles. The van der Waals surface area contributed by atoms with Gasteiger partial charge in [-0.1, -0.05) is 290 Å². The normalized spacial score (nSPS) is 16.1. The van der Waals surface area contributed by atoms with E-state index in [1.807, 2.05) is 14.7 Å². The summed E-state index contributed by atoms with van der Waals surface area (Å²) in [5.74, 6) is 2.98. The summed E-state index contributed by atoms with van der Waals surface area (Å²) in [4.78, 5) is 119. The van der Waals surface area contributed by atoms with Crippen molar-refractivity contribution < 1.29 is 43.2 Å². The third-order valence-corrected chi connectivity index (χ3v) is 25.8. The van der Waals surface area contributed by atoms with E-state index >= 15 is 0 Å². The maximum Gasteiger partial charge on any atom is 0.223 e. The fourth-order valence-corrected chi connectivity index (χ4v) is 18.3. The van der Waals surface area contributed by atoms with Crippen LogP contribution in [-0.2, 0) is 43.2 Å². The van der Waals surface area contributed by atoms with Gasteiger partial charge in [-0.05, 0) is 135 Å². The SMILES string of the molecule is CCCCCCCCCCCC(=O)N(CCCNC(=O)C1CCCC1)CCCNC(=O)C1CCCC1.CCCCCCCCCCCCCC(=O)N(CCCNC(=O)C1CCCC1)CCCNC(=O)C1CCCC1.CCCCCCCCCCCCCCCC(=O)N(CCCNC(=O)C1CCCC1)CCCNC(=O)C1CCCC1. The van der Waals surface area contributed by atoms with E-state index in [1.165, 1.54) is 173 Å². The van der Waals surface area contributed by atoms with Gasteiger partial charge in [0.05, 0.1) is 0 Å². The third-order valence-electron chi connectivity index (χ3n) is 25.8. The first-order valence-electron chi connectivity index (χ1n) is 49.3. The van der Waals surface area contributed by atoms with E-state index in [0.29, 0.717) is 97.8 Å². The van der Waals surface area contributed by atoms with Gasteiger partial charge in [0.25, 0.3) is 0 Å². The van der Waals surface area contributed by atoms with Crippen molar-refractivity contribution in [2.75, 3.05) is 78.5 Å². The predicted molar refractivity (Wildman–Crippen MR) is 470 cm³/mol. The average molecular weight is 1600 g/mol. The Morgan fingerprint density at radius 1 is 0.193 bits per heavy atom. The molecule has 0 saturated heterocycles. The second-order valence-electron chi connectivity index (χ2n) is 35.8. The molecule has 0 aromatic heterocycles. The number of nitrogens with zero attached hydrogens (tertiary/aromatic N) is 3. The van der Waals surface area contributed by atoms with Crippen molar-refractivity contribution in [3.8, 4) is 0 Å². The van der Waals surface area contributed by atoms with Crippen molar-refractivity contribution in [2.45, 2.75) is 445 Å². The number of carbonyl (C=O) groups excluding carboxylic acids is 9. The van der Waals surface area contributed by atoms with Crippen molar-refractivity contribution in [3.63, 3.8) is 0 Å². The molecule has 0 aliphatic heterocycles. The molecule has 6 aliphatic rings. The second kappa shape index (κ2) is 70.1. The quantitative estimate of drug-likeness (QED) is 0.0317. The molecule has 6 fully saturated rings. The van der Waals surface area contributed by atoms with Gasteiger partial charge in [-0.15, -0.1) is 0 Å². The zero-order chi connectivity index (χ0) is 81.8. The molecule has 114 heavy (non-hydrogen) atoms. The molecule has 0 aromatic rings. The molecule has 9 amide bonds. The molecule has 18 heteroatoms. The van der Waals surface area contributed by atoms with Crippen LogP contribution in [0.3, 0.4) is 0 Å².